The normalized spacial score (nSPS) is 11.1. The Morgan fingerprint density at radius 2 is 1.96 bits per heavy atom. The van der Waals surface area contributed by atoms with E-state index in [1.807, 2.05) is 6.07 Å². The van der Waals surface area contributed by atoms with E-state index in [1.165, 1.54) is 22.9 Å². The van der Waals surface area contributed by atoms with Crippen molar-refractivity contribution in [2.24, 2.45) is 4.99 Å². The summed E-state index contributed by atoms with van der Waals surface area (Å²) in [5, 5.41) is 10.4. The minimum atomic E-state index is -0.605. The molecule has 0 saturated carbocycles. The van der Waals surface area contributed by atoms with Crippen LogP contribution in [-0.4, -0.2) is 20.9 Å². The zero-order chi connectivity index (χ0) is 18.0. The van der Waals surface area contributed by atoms with Gasteiger partial charge in [-0.15, -0.1) is 0 Å². The summed E-state index contributed by atoms with van der Waals surface area (Å²) in [6, 6.07) is 12.7. The summed E-state index contributed by atoms with van der Waals surface area (Å²) in [6.45, 7) is 0. The number of nitrogens with zero attached hydrogens (tertiary/aromatic N) is 2. The van der Waals surface area contributed by atoms with Gasteiger partial charge in [-0.3, -0.25) is 19.3 Å². The number of aromatic amines is 1. The molecule has 5 nitrogen and oxygen atoms in total. The maximum atomic E-state index is 13.4. The Morgan fingerprint density at radius 3 is 2.64 bits per heavy atom. The van der Waals surface area contributed by atoms with Crippen LogP contribution in [0.1, 0.15) is 5.56 Å². The summed E-state index contributed by atoms with van der Waals surface area (Å²) in [6.07, 6.45) is 1.24. The number of nitrogens with one attached hydrogen (secondary N) is 1. The predicted molar refractivity (Wildman–Crippen MR) is 97.6 cm³/mol. The number of benzene rings is 2. The van der Waals surface area contributed by atoms with Crippen LogP contribution in [0, 0.1) is 10.6 Å². The average molecular weight is 376 g/mol. The molecule has 0 aliphatic heterocycles. The molecule has 126 valence electrons. The molecular formula is C17H11ClFN3O2S. The van der Waals surface area contributed by atoms with E-state index in [0.29, 0.717) is 11.4 Å². The van der Waals surface area contributed by atoms with Crippen LogP contribution in [0.2, 0.25) is 5.02 Å². The quantitative estimate of drug-likeness (QED) is 0.533. The first-order valence-electron chi connectivity index (χ1n) is 7.10. The van der Waals surface area contributed by atoms with Crippen molar-refractivity contribution in [1.29, 1.82) is 0 Å². The summed E-state index contributed by atoms with van der Waals surface area (Å²) < 4.78 is 14.5. The standard InChI is InChI=1S/C17H11ClFN3O2S/c18-13-8-11(6-7-14(13)19)22-16(24)12(15(23)21-17(22)25)9-20-10-4-2-1-3-5-10/h1-9,24H,(H,21,23,25). The third kappa shape index (κ3) is 3.52. The molecular weight excluding hydrogens is 365 g/mol. The Morgan fingerprint density at radius 1 is 1.24 bits per heavy atom. The van der Waals surface area contributed by atoms with E-state index >= 15 is 0 Å². The topological polar surface area (TPSA) is 70.4 Å². The van der Waals surface area contributed by atoms with Crippen LogP contribution < -0.4 is 5.56 Å². The highest BCUT2D eigenvalue weighted by Crippen LogP contribution is 2.23. The van der Waals surface area contributed by atoms with Crippen molar-refractivity contribution < 1.29 is 9.50 Å². The van der Waals surface area contributed by atoms with Crippen molar-refractivity contribution in [2.45, 2.75) is 0 Å². The van der Waals surface area contributed by atoms with Crippen LogP contribution in [0.4, 0.5) is 10.1 Å². The van der Waals surface area contributed by atoms with Crippen molar-refractivity contribution in [2.75, 3.05) is 0 Å². The van der Waals surface area contributed by atoms with Crippen LogP contribution in [0.3, 0.4) is 0 Å². The second-order valence-electron chi connectivity index (χ2n) is 5.02. The van der Waals surface area contributed by atoms with Crippen molar-refractivity contribution in [3.8, 4) is 11.6 Å². The third-order valence-electron chi connectivity index (χ3n) is 3.38. The lowest BCUT2D eigenvalue weighted by atomic mass is 10.2. The van der Waals surface area contributed by atoms with E-state index in [4.69, 9.17) is 23.8 Å². The molecule has 3 aromatic rings. The predicted octanol–water partition coefficient (Wildman–Crippen LogP) is 4.14. The zero-order valence-electron chi connectivity index (χ0n) is 12.6. The minimum Gasteiger partial charge on any atom is -0.494 e. The fourth-order valence-electron chi connectivity index (χ4n) is 2.17. The Kier molecular flexibility index (Phi) is 4.78. The summed E-state index contributed by atoms with van der Waals surface area (Å²) in [5.41, 5.74) is 0.240. The van der Waals surface area contributed by atoms with Crippen LogP contribution in [0.15, 0.2) is 58.3 Å². The molecule has 0 unspecified atom stereocenters. The summed E-state index contributed by atoms with van der Waals surface area (Å²) >= 11 is 10.9. The highest BCUT2D eigenvalue weighted by Gasteiger charge is 2.13. The molecule has 2 aromatic carbocycles. The van der Waals surface area contributed by atoms with Crippen molar-refractivity contribution in [3.63, 3.8) is 0 Å². The van der Waals surface area contributed by atoms with Gasteiger partial charge in [0.25, 0.3) is 5.56 Å². The number of hydrogen-bond donors (Lipinski definition) is 2. The number of aromatic hydroxyl groups is 1. The number of rotatable bonds is 3. The second kappa shape index (κ2) is 7.00. The lowest BCUT2D eigenvalue weighted by Gasteiger charge is -2.11. The number of hydrogen-bond acceptors (Lipinski definition) is 4. The molecule has 1 heterocycles. The van der Waals surface area contributed by atoms with Crippen molar-refractivity contribution in [1.82, 2.24) is 9.55 Å². The monoisotopic (exact) mass is 375 g/mol. The van der Waals surface area contributed by atoms with E-state index in [2.05, 4.69) is 9.98 Å². The molecule has 0 aliphatic carbocycles. The Hall–Kier alpha value is -2.77. The van der Waals surface area contributed by atoms with Gasteiger partial charge < -0.3 is 5.11 Å². The highest BCUT2D eigenvalue weighted by atomic mass is 35.5. The molecule has 0 fully saturated rings. The molecule has 0 saturated heterocycles. The number of halogens is 2. The highest BCUT2D eigenvalue weighted by molar-refractivity contribution is 7.71. The number of aromatic nitrogens is 2. The molecule has 2 N–H and O–H groups in total. The van der Waals surface area contributed by atoms with Gasteiger partial charge in [-0.05, 0) is 42.5 Å². The maximum Gasteiger partial charge on any atom is 0.264 e. The van der Waals surface area contributed by atoms with E-state index in [0.717, 1.165) is 6.07 Å². The molecule has 0 spiro atoms. The van der Waals surface area contributed by atoms with E-state index in [-0.39, 0.29) is 15.4 Å². The maximum absolute atomic E-state index is 13.4. The van der Waals surface area contributed by atoms with Gasteiger partial charge in [0.2, 0.25) is 5.88 Å². The molecule has 0 radical (unpaired) electrons. The van der Waals surface area contributed by atoms with E-state index < -0.39 is 17.3 Å². The van der Waals surface area contributed by atoms with Crippen molar-refractivity contribution in [3.05, 3.63) is 80.1 Å². The number of aliphatic imine (C=N–C) groups is 1. The summed E-state index contributed by atoms with van der Waals surface area (Å²) in [4.78, 5) is 18.7. The number of H-pyrrole nitrogens is 1. The smallest absolute Gasteiger partial charge is 0.264 e. The first-order chi connectivity index (χ1) is 12.0. The Bertz CT molecular complexity index is 1080. The molecule has 0 amide bonds. The Balaban J connectivity index is 2.15. The first-order valence-corrected chi connectivity index (χ1v) is 7.89. The minimum absolute atomic E-state index is 0.0537. The fourth-order valence-corrected chi connectivity index (χ4v) is 2.63. The lowest BCUT2D eigenvalue weighted by Crippen LogP contribution is -2.18. The van der Waals surface area contributed by atoms with Crippen LogP contribution in [-0.2, 0) is 0 Å². The second-order valence-corrected chi connectivity index (χ2v) is 5.82. The molecule has 0 aliphatic rings. The Labute approximate surface area is 151 Å². The zero-order valence-corrected chi connectivity index (χ0v) is 14.2. The fraction of sp³-hybridized carbons (Fsp3) is 0. The van der Waals surface area contributed by atoms with Gasteiger partial charge in [-0.1, -0.05) is 29.8 Å². The van der Waals surface area contributed by atoms with Gasteiger partial charge in [0, 0.05) is 6.21 Å². The molecule has 0 atom stereocenters. The van der Waals surface area contributed by atoms with E-state index in [1.54, 1.807) is 24.3 Å². The van der Waals surface area contributed by atoms with Crippen LogP contribution in [0.25, 0.3) is 5.69 Å². The van der Waals surface area contributed by atoms with Crippen LogP contribution >= 0.6 is 23.8 Å². The van der Waals surface area contributed by atoms with Gasteiger partial charge in [0.05, 0.1) is 16.4 Å². The van der Waals surface area contributed by atoms with Gasteiger partial charge in [-0.2, -0.15) is 0 Å². The molecule has 0 bridgehead atoms. The van der Waals surface area contributed by atoms with Crippen LogP contribution in [0.5, 0.6) is 5.88 Å². The summed E-state index contributed by atoms with van der Waals surface area (Å²) in [5.74, 6) is -1.03. The average Bonchev–Trinajstić information content (AvgIpc) is 2.58. The van der Waals surface area contributed by atoms with Gasteiger partial charge in [-0.25, -0.2) is 4.39 Å². The summed E-state index contributed by atoms with van der Waals surface area (Å²) in [7, 11) is 0. The van der Waals surface area contributed by atoms with Gasteiger partial charge in [0.1, 0.15) is 11.4 Å². The van der Waals surface area contributed by atoms with E-state index in [9.17, 15) is 14.3 Å². The molecule has 3 rings (SSSR count). The SMILES string of the molecule is O=c1[nH]c(=S)n(-c2ccc(F)c(Cl)c2)c(O)c1C=Nc1ccccc1. The molecule has 1 aromatic heterocycles. The number of para-hydroxylation sites is 1. The largest absolute Gasteiger partial charge is 0.494 e. The van der Waals surface area contributed by atoms with Gasteiger partial charge >= 0.3 is 0 Å². The third-order valence-corrected chi connectivity index (χ3v) is 3.96. The molecule has 8 heteroatoms. The lowest BCUT2D eigenvalue weighted by molar-refractivity contribution is 0.432. The van der Waals surface area contributed by atoms with Crippen molar-refractivity contribution >= 4 is 35.7 Å². The van der Waals surface area contributed by atoms with Gasteiger partial charge in [0.15, 0.2) is 4.77 Å². The molecule has 25 heavy (non-hydrogen) atoms. The first kappa shape index (κ1) is 17.1.